The van der Waals surface area contributed by atoms with Gasteiger partial charge in [-0.15, -0.1) is 11.3 Å². The van der Waals surface area contributed by atoms with E-state index < -0.39 is 11.8 Å². The maximum atomic E-state index is 12.6. The SMILES string of the molecule is O=C(N/N=C/c1c(Cl)cccc1Cl)/C(=C/c1cccs1)NC(=O)c1ccccc1. The molecule has 0 saturated heterocycles. The first-order valence-corrected chi connectivity index (χ1v) is 10.1. The molecule has 0 aliphatic carbocycles. The molecule has 2 N–H and O–H groups in total. The van der Waals surface area contributed by atoms with Crippen LogP contribution in [-0.4, -0.2) is 18.0 Å². The normalized spacial score (nSPS) is 11.4. The van der Waals surface area contributed by atoms with Crippen molar-refractivity contribution in [3.63, 3.8) is 0 Å². The van der Waals surface area contributed by atoms with E-state index in [1.165, 1.54) is 17.6 Å². The zero-order chi connectivity index (χ0) is 20.6. The molecule has 0 unspecified atom stereocenters. The molecule has 1 aromatic heterocycles. The third-order valence-electron chi connectivity index (χ3n) is 3.72. The largest absolute Gasteiger partial charge is 0.317 e. The molecule has 2 amide bonds. The van der Waals surface area contributed by atoms with E-state index in [1.807, 2.05) is 17.5 Å². The van der Waals surface area contributed by atoms with Crippen LogP contribution in [0, 0.1) is 0 Å². The molecule has 29 heavy (non-hydrogen) atoms. The number of rotatable bonds is 6. The molecule has 146 valence electrons. The van der Waals surface area contributed by atoms with Gasteiger partial charge in [-0.1, -0.05) is 53.5 Å². The molecule has 3 aromatic rings. The molecule has 5 nitrogen and oxygen atoms in total. The van der Waals surface area contributed by atoms with E-state index in [-0.39, 0.29) is 5.70 Å². The monoisotopic (exact) mass is 443 g/mol. The van der Waals surface area contributed by atoms with Crippen molar-refractivity contribution in [1.29, 1.82) is 0 Å². The fourth-order valence-corrected chi connectivity index (χ4v) is 3.46. The smallest absolute Gasteiger partial charge is 0.287 e. The van der Waals surface area contributed by atoms with Crippen molar-refractivity contribution in [3.05, 3.63) is 97.8 Å². The Morgan fingerprint density at radius 2 is 1.66 bits per heavy atom. The zero-order valence-corrected chi connectivity index (χ0v) is 17.3. The number of carbonyl (C=O) groups is 2. The number of nitrogens with zero attached hydrogens (tertiary/aromatic N) is 1. The lowest BCUT2D eigenvalue weighted by Gasteiger charge is -2.09. The Labute approximate surface area is 181 Å². The van der Waals surface area contributed by atoms with Crippen molar-refractivity contribution >= 4 is 58.6 Å². The summed E-state index contributed by atoms with van der Waals surface area (Å²) in [6.07, 6.45) is 2.93. The summed E-state index contributed by atoms with van der Waals surface area (Å²) in [4.78, 5) is 25.9. The number of carbonyl (C=O) groups excluding carboxylic acids is 2. The van der Waals surface area contributed by atoms with Crippen LogP contribution in [-0.2, 0) is 4.79 Å². The van der Waals surface area contributed by atoms with Crippen molar-refractivity contribution in [3.8, 4) is 0 Å². The third-order valence-corrected chi connectivity index (χ3v) is 5.20. The van der Waals surface area contributed by atoms with Crippen LogP contribution in [0.2, 0.25) is 10.0 Å². The van der Waals surface area contributed by atoms with Crippen molar-refractivity contribution in [1.82, 2.24) is 10.7 Å². The standard InChI is InChI=1S/C21H15Cl2N3O2S/c22-17-9-4-10-18(23)16(17)13-24-26-21(28)19(12-15-8-5-11-29-15)25-20(27)14-6-2-1-3-7-14/h1-13H,(H,25,27)(H,26,28)/b19-12-,24-13+. The molecule has 0 fully saturated rings. The van der Waals surface area contributed by atoms with Gasteiger partial charge in [-0.25, -0.2) is 5.43 Å². The quantitative estimate of drug-likeness (QED) is 0.320. The average molecular weight is 444 g/mol. The topological polar surface area (TPSA) is 70.6 Å². The van der Waals surface area contributed by atoms with E-state index in [1.54, 1.807) is 54.6 Å². The minimum atomic E-state index is -0.581. The third kappa shape index (κ3) is 5.77. The van der Waals surface area contributed by atoms with Crippen LogP contribution in [0.3, 0.4) is 0 Å². The van der Waals surface area contributed by atoms with E-state index >= 15 is 0 Å². The summed E-state index contributed by atoms with van der Waals surface area (Å²) in [6.45, 7) is 0. The highest BCUT2D eigenvalue weighted by atomic mass is 35.5. The highest BCUT2D eigenvalue weighted by Gasteiger charge is 2.14. The van der Waals surface area contributed by atoms with Crippen molar-refractivity contribution in [2.24, 2.45) is 5.10 Å². The Hall–Kier alpha value is -2.93. The maximum Gasteiger partial charge on any atom is 0.287 e. The Bertz CT molecular complexity index is 1040. The second kappa shape index (κ2) is 10.0. The first-order valence-electron chi connectivity index (χ1n) is 8.43. The average Bonchev–Trinajstić information content (AvgIpc) is 3.23. The highest BCUT2D eigenvalue weighted by molar-refractivity contribution is 7.10. The number of nitrogens with one attached hydrogen (secondary N) is 2. The first-order chi connectivity index (χ1) is 14.0. The molecule has 0 atom stereocenters. The van der Waals surface area contributed by atoms with E-state index in [4.69, 9.17) is 23.2 Å². The second-order valence-corrected chi connectivity index (χ2v) is 7.52. The van der Waals surface area contributed by atoms with Gasteiger partial charge in [0.1, 0.15) is 5.70 Å². The van der Waals surface area contributed by atoms with Gasteiger partial charge in [0.2, 0.25) is 0 Å². The predicted octanol–water partition coefficient (Wildman–Crippen LogP) is 4.98. The summed E-state index contributed by atoms with van der Waals surface area (Å²) in [5.41, 5.74) is 3.36. The Morgan fingerprint density at radius 1 is 0.931 bits per heavy atom. The van der Waals surface area contributed by atoms with Crippen LogP contribution in [0.4, 0.5) is 0 Å². The Kier molecular flexibility index (Phi) is 7.19. The molecule has 0 aliphatic heterocycles. The maximum absolute atomic E-state index is 12.6. The number of hydrogen-bond acceptors (Lipinski definition) is 4. The summed E-state index contributed by atoms with van der Waals surface area (Å²) < 4.78 is 0. The van der Waals surface area contributed by atoms with Crippen molar-refractivity contribution < 1.29 is 9.59 Å². The van der Waals surface area contributed by atoms with Gasteiger partial charge in [0.15, 0.2) is 0 Å². The molecular weight excluding hydrogens is 429 g/mol. The van der Waals surface area contributed by atoms with Crippen molar-refractivity contribution in [2.75, 3.05) is 0 Å². The molecular formula is C21H15Cl2N3O2S. The number of benzene rings is 2. The van der Waals surface area contributed by atoms with Crippen LogP contribution in [0.15, 0.2) is 76.8 Å². The highest BCUT2D eigenvalue weighted by Crippen LogP contribution is 2.22. The fourth-order valence-electron chi connectivity index (χ4n) is 2.31. The van der Waals surface area contributed by atoms with E-state index in [0.717, 1.165) is 4.88 Å². The van der Waals surface area contributed by atoms with Gasteiger partial charge < -0.3 is 5.32 Å². The number of thiophene rings is 1. The predicted molar refractivity (Wildman–Crippen MR) is 118 cm³/mol. The number of amides is 2. The van der Waals surface area contributed by atoms with Gasteiger partial charge >= 0.3 is 0 Å². The van der Waals surface area contributed by atoms with Crippen LogP contribution in [0.25, 0.3) is 6.08 Å². The van der Waals surface area contributed by atoms with Gasteiger partial charge in [0.25, 0.3) is 11.8 Å². The number of hydrazone groups is 1. The van der Waals surface area contributed by atoms with Crippen LogP contribution >= 0.6 is 34.5 Å². The minimum Gasteiger partial charge on any atom is -0.317 e. The summed E-state index contributed by atoms with van der Waals surface area (Å²) in [7, 11) is 0. The lowest BCUT2D eigenvalue weighted by Crippen LogP contribution is -2.32. The van der Waals surface area contributed by atoms with Crippen LogP contribution < -0.4 is 10.7 Å². The molecule has 0 aliphatic rings. The first kappa shape index (κ1) is 20.8. The lowest BCUT2D eigenvalue weighted by atomic mass is 10.2. The molecule has 1 heterocycles. The van der Waals surface area contributed by atoms with E-state index in [9.17, 15) is 9.59 Å². The summed E-state index contributed by atoms with van der Waals surface area (Å²) in [6, 6.07) is 17.3. The molecule has 8 heteroatoms. The lowest BCUT2D eigenvalue weighted by molar-refractivity contribution is -0.117. The zero-order valence-electron chi connectivity index (χ0n) is 14.9. The second-order valence-electron chi connectivity index (χ2n) is 5.73. The molecule has 0 bridgehead atoms. The Morgan fingerprint density at radius 3 is 2.31 bits per heavy atom. The molecule has 0 radical (unpaired) electrons. The van der Waals surface area contributed by atoms with E-state index in [2.05, 4.69) is 15.8 Å². The van der Waals surface area contributed by atoms with Gasteiger partial charge in [-0.05, 0) is 41.8 Å². The van der Waals surface area contributed by atoms with Gasteiger partial charge in [0.05, 0.1) is 16.3 Å². The minimum absolute atomic E-state index is 0.0590. The molecule has 0 spiro atoms. The van der Waals surface area contributed by atoms with Crippen LogP contribution in [0.5, 0.6) is 0 Å². The molecule has 0 saturated carbocycles. The Balaban J connectivity index is 1.78. The molecule has 3 rings (SSSR count). The van der Waals surface area contributed by atoms with E-state index in [0.29, 0.717) is 21.2 Å². The fraction of sp³-hybridized carbons (Fsp3) is 0. The summed E-state index contributed by atoms with van der Waals surface area (Å²) in [5.74, 6) is -0.983. The summed E-state index contributed by atoms with van der Waals surface area (Å²) in [5, 5.41) is 9.23. The van der Waals surface area contributed by atoms with Gasteiger partial charge in [-0.2, -0.15) is 5.10 Å². The van der Waals surface area contributed by atoms with Crippen molar-refractivity contribution in [2.45, 2.75) is 0 Å². The number of hydrogen-bond donors (Lipinski definition) is 2. The van der Waals surface area contributed by atoms with Gasteiger partial charge in [0, 0.05) is 16.0 Å². The van der Waals surface area contributed by atoms with Crippen LogP contribution in [0.1, 0.15) is 20.8 Å². The van der Waals surface area contributed by atoms with Gasteiger partial charge in [-0.3, -0.25) is 9.59 Å². The summed E-state index contributed by atoms with van der Waals surface area (Å²) >= 11 is 13.6. The molecule has 2 aromatic carbocycles. The number of halogens is 2.